The van der Waals surface area contributed by atoms with E-state index in [0.717, 1.165) is 12.8 Å². The third kappa shape index (κ3) is 4.43. The van der Waals surface area contributed by atoms with Gasteiger partial charge in [0.1, 0.15) is 5.52 Å². The lowest BCUT2D eigenvalue weighted by atomic mass is 9.85. The monoisotopic (exact) mass is 359 g/mol. The molecule has 0 spiro atoms. The summed E-state index contributed by atoms with van der Waals surface area (Å²) in [5.74, 6) is 0.545. The Morgan fingerprint density at radius 1 is 1.35 bits per heavy atom. The standard InChI is InChI=1S/C20H29N3O3/c1-2-15(18(24)20-23-16-10-6-7-11-17(16)26-20)22-19(25)14(21)12-13-8-4-3-5-9-13/h6-7,10-11,13-15,18,24H,2-5,8-9,12,21H2,1H3,(H,22,25). The SMILES string of the molecule is CCC(NC(=O)C(N)CC1CCCCC1)C(O)c1nc2ccccc2o1. The lowest BCUT2D eigenvalue weighted by Gasteiger charge is -2.26. The van der Waals surface area contributed by atoms with E-state index in [1.165, 1.54) is 19.3 Å². The number of carbonyl (C=O) groups is 1. The molecule has 0 radical (unpaired) electrons. The van der Waals surface area contributed by atoms with Crippen molar-refractivity contribution in [3.05, 3.63) is 30.2 Å². The van der Waals surface area contributed by atoms with Gasteiger partial charge in [-0.05, 0) is 30.9 Å². The summed E-state index contributed by atoms with van der Waals surface area (Å²) >= 11 is 0. The Labute approximate surface area is 154 Å². The first kappa shape index (κ1) is 18.9. The number of nitrogens with zero attached hydrogens (tertiary/aromatic N) is 1. The summed E-state index contributed by atoms with van der Waals surface area (Å²) < 4.78 is 5.63. The maximum atomic E-state index is 12.5. The number of benzene rings is 1. The van der Waals surface area contributed by atoms with Crippen molar-refractivity contribution in [2.75, 3.05) is 0 Å². The second-order valence-electron chi connectivity index (χ2n) is 7.33. The molecule has 4 N–H and O–H groups in total. The summed E-state index contributed by atoms with van der Waals surface area (Å²) in [6.07, 6.45) is 6.32. The number of hydrogen-bond acceptors (Lipinski definition) is 5. The van der Waals surface area contributed by atoms with Crippen LogP contribution in [0.2, 0.25) is 0 Å². The molecule has 1 heterocycles. The minimum atomic E-state index is -1.00. The molecule has 0 aliphatic heterocycles. The number of aromatic nitrogens is 1. The third-order valence-corrected chi connectivity index (χ3v) is 5.36. The fourth-order valence-corrected chi connectivity index (χ4v) is 3.77. The molecule has 1 aromatic heterocycles. The van der Waals surface area contributed by atoms with Crippen molar-refractivity contribution in [2.24, 2.45) is 11.7 Å². The maximum Gasteiger partial charge on any atom is 0.237 e. The number of hydrogen-bond donors (Lipinski definition) is 3. The normalized spacial score (nSPS) is 19.2. The van der Waals surface area contributed by atoms with Crippen LogP contribution in [-0.4, -0.2) is 28.1 Å². The number of para-hydroxylation sites is 2. The van der Waals surface area contributed by atoms with Crippen molar-refractivity contribution >= 4 is 17.0 Å². The topological polar surface area (TPSA) is 101 Å². The first-order chi connectivity index (χ1) is 12.6. The first-order valence-corrected chi connectivity index (χ1v) is 9.68. The molecule has 0 bridgehead atoms. The molecule has 6 heteroatoms. The van der Waals surface area contributed by atoms with Gasteiger partial charge >= 0.3 is 0 Å². The molecule has 1 aliphatic rings. The van der Waals surface area contributed by atoms with Gasteiger partial charge in [0.15, 0.2) is 11.7 Å². The molecule has 1 fully saturated rings. The van der Waals surface area contributed by atoms with E-state index in [0.29, 0.717) is 29.9 Å². The maximum absolute atomic E-state index is 12.5. The number of amides is 1. The molecule has 1 amide bonds. The van der Waals surface area contributed by atoms with Gasteiger partial charge < -0.3 is 20.6 Å². The Morgan fingerprint density at radius 2 is 2.08 bits per heavy atom. The Hall–Kier alpha value is -1.92. The van der Waals surface area contributed by atoms with Crippen LogP contribution in [0.4, 0.5) is 0 Å². The fraction of sp³-hybridized carbons (Fsp3) is 0.600. The predicted octanol–water partition coefficient (Wildman–Crippen LogP) is 3.05. The summed E-state index contributed by atoms with van der Waals surface area (Å²) in [4.78, 5) is 16.8. The first-order valence-electron chi connectivity index (χ1n) is 9.68. The van der Waals surface area contributed by atoms with Gasteiger partial charge in [-0.1, -0.05) is 51.2 Å². The van der Waals surface area contributed by atoms with Crippen LogP contribution in [0, 0.1) is 5.92 Å². The molecule has 1 aliphatic carbocycles. The molecule has 26 heavy (non-hydrogen) atoms. The Bertz CT molecular complexity index is 691. The molecule has 2 aromatic rings. The average molecular weight is 359 g/mol. The third-order valence-electron chi connectivity index (χ3n) is 5.36. The fourth-order valence-electron chi connectivity index (χ4n) is 3.77. The number of fused-ring (bicyclic) bond motifs is 1. The van der Waals surface area contributed by atoms with Crippen LogP contribution >= 0.6 is 0 Å². The van der Waals surface area contributed by atoms with Crippen molar-refractivity contribution < 1.29 is 14.3 Å². The van der Waals surface area contributed by atoms with Crippen LogP contribution in [0.1, 0.15) is 63.9 Å². The molecule has 1 aromatic carbocycles. The van der Waals surface area contributed by atoms with Crippen LogP contribution in [0.15, 0.2) is 28.7 Å². The van der Waals surface area contributed by atoms with Crippen LogP contribution in [0.25, 0.3) is 11.1 Å². The molecule has 3 unspecified atom stereocenters. The number of aliphatic hydroxyl groups is 1. The van der Waals surface area contributed by atoms with Crippen LogP contribution in [-0.2, 0) is 4.79 Å². The van der Waals surface area contributed by atoms with Crippen LogP contribution in [0.3, 0.4) is 0 Å². The molecular weight excluding hydrogens is 330 g/mol. The summed E-state index contributed by atoms with van der Waals surface area (Å²) in [6.45, 7) is 1.91. The summed E-state index contributed by atoms with van der Waals surface area (Å²) in [7, 11) is 0. The number of oxazole rings is 1. The number of nitrogens with two attached hydrogens (primary N) is 1. The molecule has 6 nitrogen and oxygen atoms in total. The lowest BCUT2D eigenvalue weighted by Crippen LogP contribution is -2.48. The molecule has 3 atom stereocenters. The smallest absolute Gasteiger partial charge is 0.237 e. The van der Waals surface area contributed by atoms with E-state index >= 15 is 0 Å². The van der Waals surface area contributed by atoms with E-state index in [-0.39, 0.29) is 11.8 Å². The quantitative estimate of drug-likeness (QED) is 0.705. The highest BCUT2D eigenvalue weighted by molar-refractivity contribution is 5.81. The van der Waals surface area contributed by atoms with Crippen molar-refractivity contribution in [3.63, 3.8) is 0 Å². The van der Waals surface area contributed by atoms with Crippen LogP contribution in [0.5, 0.6) is 0 Å². The predicted molar refractivity (Wildman–Crippen MR) is 100 cm³/mol. The second-order valence-corrected chi connectivity index (χ2v) is 7.33. The molecule has 1 saturated carbocycles. The largest absolute Gasteiger partial charge is 0.438 e. The van der Waals surface area contributed by atoms with Gasteiger partial charge in [0, 0.05) is 0 Å². The van der Waals surface area contributed by atoms with Gasteiger partial charge in [-0.25, -0.2) is 4.98 Å². The highest BCUT2D eigenvalue weighted by Crippen LogP contribution is 2.27. The number of nitrogens with one attached hydrogen (secondary N) is 1. The van der Waals surface area contributed by atoms with Crippen molar-refractivity contribution in [3.8, 4) is 0 Å². The molecule has 0 saturated heterocycles. The van der Waals surface area contributed by atoms with Gasteiger partial charge in [-0.3, -0.25) is 4.79 Å². The van der Waals surface area contributed by atoms with E-state index in [1.54, 1.807) is 6.07 Å². The highest BCUT2D eigenvalue weighted by Gasteiger charge is 2.28. The summed E-state index contributed by atoms with van der Waals surface area (Å²) in [5, 5.41) is 13.5. The minimum Gasteiger partial charge on any atom is -0.438 e. The van der Waals surface area contributed by atoms with Gasteiger partial charge in [-0.15, -0.1) is 0 Å². The van der Waals surface area contributed by atoms with Gasteiger partial charge in [0.25, 0.3) is 0 Å². The van der Waals surface area contributed by atoms with E-state index in [1.807, 2.05) is 25.1 Å². The van der Waals surface area contributed by atoms with Gasteiger partial charge in [0.2, 0.25) is 11.8 Å². The highest BCUT2D eigenvalue weighted by atomic mass is 16.4. The van der Waals surface area contributed by atoms with Crippen molar-refractivity contribution in [1.82, 2.24) is 10.3 Å². The molecule has 142 valence electrons. The second kappa shape index (κ2) is 8.64. The number of carbonyl (C=O) groups excluding carboxylic acids is 1. The zero-order valence-corrected chi connectivity index (χ0v) is 15.4. The summed E-state index contributed by atoms with van der Waals surface area (Å²) in [5.41, 5.74) is 7.43. The van der Waals surface area contributed by atoms with Gasteiger partial charge in [-0.2, -0.15) is 0 Å². The van der Waals surface area contributed by atoms with Crippen molar-refractivity contribution in [2.45, 2.75) is 70.1 Å². The van der Waals surface area contributed by atoms with E-state index in [4.69, 9.17) is 10.2 Å². The Kier molecular flexibility index (Phi) is 6.27. The van der Waals surface area contributed by atoms with Crippen molar-refractivity contribution in [1.29, 1.82) is 0 Å². The van der Waals surface area contributed by atoms with E-state index in [9.17, 15) is 9.90 Å². The minimum absolute atomic E-state index is 0.211. The van der Waals surface area contributed by atoms with E-state index in [2.05, 4.69) is 10.3 Å². The molecule has 3 rings (SSSR count). The molecular formula is C20H29N3O3. The number of rotatable bonds is 7. The average Bonchev–Trinajstić information content (AvgIpc) is 3.10. The zero-order chi connectivity index (χ0) is 18.5. The zero-order valence-electron chi connectivity index (χ0n) is 15.4. The van der Waals surface area contributed by atoms with Crippen LogP contribution < -0.4 is 11.1 Å². The van der Waals surface area contributed by atoms with E-state index < -0.39 is 18.2 Å². The Balaban J connectivity index is 1.61. The summed E-state index contributed by atoms with van der Waals surface area (Å²) in [6, 6.07) is 6.33. The Morgan fingerprint density at radius 3 is 2.77 bits per heavy atom. The lowest BCUT2D eigenvalue weighted by molar-refractivity contribution is -0.124. The number of aliphatic hydroxyl groups excluding tert-OH is 1. The van der Waals surface area contributed by atoms with Gasteiger partial charge in [0.05, 0.1) is 12.1 Å².